The van der Waals surface area contributed by atoms with Crippen molar-refractivity contribution in [2.45, 2.75) is 6.54 Å². The summed E-state index contributed by atoms with van der Waals surface area (Å²) in [5.41, 5.74) is 1.58. The van der Waals surface area contributed by atoms with E-state index in [1.54, 1.807) is 13.2 Å². The van der Waals surface area contributed by atoms with Gasteiger partial charge in [-0.05, 0) is 34.1 Å². The van der Waals surface area contributed by atoms with Crippen molar-refractivity contribution in [2.75, 3.05) is 7.11 Å². The number of amides is 1. The first-order valence-corrected chi connectivity index (χ1v) is 7.56. The molecule has 112 valence electrons. The van der Waals surface area contributed by atoms with Crippen LogP contribution in [0.3, 0.4) is 0 Å². The zero-order valence-corrected chi connectivity index (χ0v) is 13.5. The molecule has 22 heavy (non-hydrogen) atoms. The lowest BCUT2D eigenvalue weighted by molar-refractivity contribution is 0.0925. The molecule has 2 aromatic carbocycles. The zero-order valence-electron chi connectivity index (χ0n) is 11.9. The van der Waals surface area contributed by atoms with E-state index in [2.05, 4.69) is 21.2 Å². The normalized spacial score (nSPS) is 10.6. The third-order valence-corrected chi connectivity index (χ3v) is 3.98. The van der Waals surface area contributed by atoms with Crippen LogP contribution in [-0.2, 0) is 6.54 Å². The summed E-state index contributed by atoms with van der Waals surface area (Å²) in [6.07, 6.45) is 0. The molecule has 0 bridgehead atoms. The maximum absolute atomic E-state index is 12.2. The second-order valence-corrected chi connectivity index (χ2v) is 5.62. The predicted octanol–water partition coefficient (Wildman–Crippen LogP) is 4.13. The monoisotopic (exact) mass is 359 g/mol. The number of carbonyl (C=O) groups is 1. The van der Waals surface area contributed by atoms with Crippen LogP contribution in [0.15, 0.2) is 57.4 Å². The molecule has 3 rings (SSSR count). The molecule has 0 fully saturated rings. The molecule has 0 unspecified atom stereocenters. The van der Waals surface area contributed by atoms with Crippen LogP contribution in [0.4, 0.5) is 0 Å². The molecule has 5 heteroatoms. The Morgan fingerprint density at radius 3 is 2.82 bits per heavy atom. The summed E-state index contributed by atoms with van der Waals surface area (Å²) < 4.78 is 11.7. The summed E-state index contributed by atoms with van der Waals surface area (Å²) in [5, 5.41) is 3.73. The molecule has 1 aromatic heterocycles. The number of halogens is 1. The molecule has 0 aliphatic heterocycles. The van der Waals surface area contributed by atoms with Crippen LogP contribution in [0.2, 0.25) is 0 Å². The number of nitrogens with one attached hydrogen (secondary N) is 1. The first-order valence-electron chi connectivity index (χ1n) is 6.77. The number of rotatable bonds is 4. The van der Waals surface area contributed by atoms with Crippen LogP contribution in [0.1, 0.15) is 16.1 Å². The van der Waals surface area contributed by atoms with Crippen molar-refractivity contribution in [3.05, 3.63) is 64.3 Å². The lowest BCUT2D eigenvalue weighted by Crippen LogP contribution is -2.22. The number of hydrogen-bond donors (Lipinski definition) is 1. The molecule has 1 amide bonds. The summed E-state index contributed by atoms with van der Waals surface area (Å²) >= 11 is 3.41. The van der Waals surface area contributed by atoms with Crippen LogP contribution in [0.5, 0.6) is 5.75 Å². The highest BCUT2D eigenvalue weighted by Gasteiger charge is 2.14. The number of hydrogen-bond acceptors (Lipinski definition) is 3. The lowest BCUT2D eigenvalue weighted by atomic mass is 10.2. The third kappa shape index (κ3) is 2.85. The molecule has 0 atom stereocenters. The molecule has 1 N–H and O–H groups in total. The molecule has 0 spiro atoms. The minimum atomic E-state index is -0.256. The van der Waals surface area contributed by atoms with Crippen molar-refractivity contribution < 1.29 is 13.9 Å². The van der Waals surface area contributed by atoms with Crippen LogP contribution >= 0.6 is 15.9 Å². The second-order valence-electron chi connectivity index (χ2n) is 4.76. The first kappa shape index (κ1) is 14.7. The Balaban J connectivity index is 1.77. The fourth-order valence-corrected chi connectivity index (χ4v) is 2.71. The molecule has 0 radical (unpaired) electrons. The van der Waals surface area contributed by atoms with E-state index in [0.717, 1.165) is 21.2 Å². The van der Waals surface area contributed by atoms with Gasteiger partial charge in [-0.15, -0.1) is 0 Å². The Morgan fingerprint density at radius 1 is 1.23 bits per heavy atom. The maximum Gasteiger partial charge on any atom is 0.287 e. The quantitative estimate of drug-likeness (QED) is 0.761. The van der Waals surface area contributed by atoms with E-state index in [1.807, 2.05) is 42.5 Å². The Bertz CT molecular complexity index is 826. The summed E-state index contributed by atoms with van der Waals surface area (Å²) in [4.78, 5) is 12.2. The minimum absolute atomic E-state index is 0.256. The van der Waals surface area contributed by atoms with Gasteiger partial charge in [0.2, 0.25) is 0 Å². The van der Waals surface area contributed by atoms with Crippen LogP contribution in [-0.4, -0.2) is 13.0 Å². The van der Waals surface area contributed by atoms with E-state index >= 15 is 0 Å². The van der Waals surface area contributed by atoms with E-state index in [1.165, 1.54) is 0 Å². The predicted molar refractivity (Wildman–Crippen MR) is 88.1 cm³/mol. The summed E-state index contributed by atoms with van der Waals surface area (Å²) in [7, 11) is 1.61. The SMILES string of the molecule is COc1ccccc1CNC(=O)c1cc2cccc(Br)c2o1. The molecule has 0 aliphatic rings. The fourth-order valence-electron chi connectivity index (χ4n) is 2.25. The van der Waals surface area contributed by atoms with E-state index in [9.17, 15) is 4.79 Å². The van der Waals surface area contributed by atoms with Crippen LogP contribution < -0.4 is 10.1 Å². The van der Waals surface area contributed by atoms with Gasteiger partial charge in [0.1, 0.15) is 11.3 Å². The highest BCUT2D eigenvalue weighted by molar-refractivity contribution is 9.10. The zero-order chi connectivity index (χ0) is 15.5. The van der Waals surface area contributed by atoms with Crippen LogP contribution in [0.25, 0.3) is 11.0 Å². The van der Waals surface area contributed by atoms with Crippen molar-refractivity contribution in [3.8, 4) is 5.75 Å². The third-order valence-electron chi connectivity index (χ3n) is 3.35. The van der Waals surface area contributed by atoms with E-state index in [4.69, 9.17) is 9.15 Å². The number of furan rings is 1. The molecule has 0 aliphatic carbocycles. The van der Waals surface area contributed by atoms with Gasteiger partial charge in [-0.2, -0.15) is 0 Å². The van der Waals surface area contributed by atoms with Crippen molar-refractivity contribution in [1.29, 1.82) is 0 Å². The van der Waals surface area contributed by atoms with E-state index in [-0.39, 0.29) is 11.7 Å². The van der Waals surface area contributed by atoms with E-state index < -0.39 is 0 Å². The van der Waals surface area contributed by atoms with Gasteiger partial charge in [0.25, 0.3) is 5.91 Å². The van der Waals surface area contributed by atoms with Crippen molar-refractivity contribution in [2.24, 2.45) is 0 Å². The topological polar surface area (TPSA) is 51.5 Å². The van der Waals surface area contributed by atoms with Crippen LogP contribution in [0, 0.1) is 0 Å². The fraction of sp³-hybridized carbons (Fsp3) is 0.118. The number of ether oxygens (including phenoxy) is 1. The van der Waals surface area contributed by atoms with Gasteiger partial charge in [-0.25, -0.2) is 0 Å². The highest BCUT2D eigenvalue weighted by atomic mass is 79.9. The number of carbonyl (C=O) groups excluding carboxylic acids is 1. The average Bonchev–Trinajstić information content (AvgIpc) is 2.98. The summed E-state index contributed by atoms with van der Waals surface area (Å²) in [5.74, 6) is 0.779. The highest BCUT2D eigenvalue weighted by Crippen LogP contribution is 2.27. The van der Waals surface area contributed by atoms with Gasteiger partial charge in [0, 0.05) is 17.5 Å². The largest absolute Gasteiger partial charge is 0.496 e. The van der Waals surface area contributed by atoms with Gasteiger partial charge in [-0.3, -0.25) is 4.79 Å². The van der Waals surface area contributed by atoms with Gasteiger partial charge >= 0.3 is 0 Å². The molecule has 3 aromatic rings. The van der Waals surface area contributed by atoms with Gasteiger partial charge in [0.05, 0.1) is 11.6 Å². The Morgan fingerprint density at radius 2 is 2.05 bits per heavy atom. The molecule has 0 saturated heterocycles. The van der Waals surface area contributed by atoms with Crippen molar-refractivity contribution >= 4 is 32.8 Å². The molecular formula is C17H14BrNO3. The standard InChI is InChI=1S/C17H14BrNO3/c1-21-14-8-3-2-5-12(14)10-19-17(20)15-9-11-6-4-7-13(18)16(11)22-15/h2-9H,10H2,1H3,(H,19,20). The second kappa shape index (κ2) is 6.23. The maximum atomic E-state index is 12.2. The average molecular weight is 360 g/mol. The Labute approximate surface area is 136 Å². The summed E-state index contributed by atoms with van der Waals surface area (Å²) in [6, 6.07) is 15.0. The molecular weight excluding hydrogens is 346 g/mol. The van der Waals surface area contributed by atoms with Crippen molar-refractivity contribution in [1.82, 2.24) is 5.32 Å². The van der Waals surface area contributed by atoms with Gasteiger partial charge in [-0.1, -0.05) is 30.3 Å². The number of fused-ring (bicyclic) bond motifs is 1. The Hall–Kier alpha value is -2.27. The summed E-state index contributed by atoms with van der Waals surface area (Å²) in [6.45, 7) is 0.376. The van der Waals surface area contributed by atoms with Gasteiger partial charge < -0.3 is 14.5 Å². The number of benzene rings is 2. The minimum Gasteiger partial charge on any atom is -0.496 e. The smallest absolute Gasteiger partial charge is 0.287 e. The lowest BCUT2D eigenvalue weighted by Gasteiger charge is -2.08. The number of methoxy groups -OCH3 is 1. The molecule has 1 heterocycles. The number of para-hydroxylation sites is 2. The van der Waals surface area contributed by atoms with Gasteiger partial charge in [0.15, 0.2) is 5.76 Å². The van der Waals surface area contributed by atoms with Crippen molar-refractivity contribution in [3.63, 3.8) is 0 Å². The first-order chi connectivity index (χ1) is 10.7. The molecule has 0 saturated carbocycles. The van der Waals surface area contributed by atoms with E-state index in [0.29, 0.717) is 12.1 Å². The molecule has 4 nitrogen and oxygen atoms in total. The Kier molecular flexibility index (Phi) is 4.15.